The number of fused-ring (bicyclic) bond motifs is 1. The summed E-state index contributed by atoms with van der Waals surface area (Å²) in [4.78, 5) is 17.3. The minimum absolute atomic E-state index is 0.226. The molecule has 0 bridgehead atoms. The first-order valence-electron chi connectivity index (χ1n) is 6.15. The molecule has 3 N–H and O–H groups in total. The van der Waals surface area contributed by atoms with Crippen LogP contribution in [0.3, 0.4) is 0 Å². The molecule has 0 aliphatic carbocycles. The highest BCUT2D eigenvalue weighted by atomic mass is 16.6. The third-order valence-corrected chi connectivity index (χ3v) is 3.25. The summed E-state index contributed by atoms with van der Waals surface area (Å²) in [6, 6.07) is 0. The van der Waals surface area contributed by atoms with Crippen LogP contribution in [-0.2, 0) is 9.57 Å². The van der Waals surface area contributed by atoms with Crippen molar-refractivity contribution in [3.8, 4) is 0 Å². The SMILES string of the molecule is CONc1[15n]cnc2c1[15n]cn2[C@H]1C[C@H](O)[C@@H](CO)O1. The predicted octanol–water partition coefficient (Wildman–Crippen LogP) is -0.560. The van der Waals surface area contributed by atoms with Gasteiger partial charge < -0.3 is 14.9 Å². The molecule has 20 heavy (non-hydrogen) atoms. The van der Waals surface area contributed by atoms with Crippen LogP contribution in [0.1, 0.15) is 12.6 Å². The maximum absolute atomic E-state index is 9.79. The standard InChI is InChI=1S/C11H15N5O4/c1-19-15-10-9-11(13-4-12-10)16(5-14-9)8-2-6(18)7(3-17)20-8/h4-8,17-18H,2-3H2,1H3,(H,12,13,15)/t6-,7+,8+/m0/s1/i12+1,14+1. The van der Waals surface area contributed by atoms with Gasteiger partial charge in [0, 0.05) is 6.42 Å². The third kappa shape index (κ3) is 2.10. The molecule has 1 aliphatic heterocycles. The smallest absolute Gasteiger partial charge is 0.181 e. The van der Waals surface area contributed by atoms with Crippen LogP contribution in [0.4, 0.5) is 5.82 Å². The summed E-state index contributed by atoms with van der Waals surface area (Å²) in [5, 5.41) is 18.9. The molecule has 108 valence electrons. The van der Waals surface area contributed by atoms with E-state index in [1.54, 1.807) is 10.9 Å². The zero-order valence-corrected chi connectivity index (χ0v) is 10.8. The normalized spacial score (nSPS) is 26.2. The quantitative estimate of drug-likeness (QED) is 0.640. The molecule has 0 unspecified atom stereocenters. The number of hydrogen-bond donors (Lipinski definition) is 3. The van der Waals surface area contributed by atoms with Crippen LogP contribution < -0.4 is 5.48 Å². The molecule has 0 spiro atoms. The Morgan fingerprint density at radius 2 is 2.35 bits per heavy atom. The highest BCUT2D eigenvalue weighted by Crippen LogP contribution is 2.31. The lowest BCUT2D eigenvalue weighted by Crippen LogP contribution is -2.24. The van der Waals surface area contributed by atoms with Gasteiger partial charge in [0.1, 0.15) is 18.7 Å². The number of hydrogen-bond acceptors (Lipinski definition) is 8. The van der Waals surface area contributed by atoms with E-state index in [0.717, 1.165) is 0 Å². The minimum Gasteiger partial charge on any atom is -0.394 e. The number of aliphatic hydroxyl groups is 2. The van der Waals surface area contributed by atoms with Crippen LogP contribution in [0, 0.1) is 0 Å². The maximum Gasteiger partial charge on any atom is 0.181 e. The summed E-state index contributed by atoms with van der Waals surface area (Å²) in [7, 11) is 1.48. The zero-order chi connectivity index (χ0) is 14.1. The zero-order valence-electron chi connectivity index (χ0n) is 10.8. The lowest BCUT2D eigenvalue weighted by atomic mass is 10.2. The number of nitrogens with zero attached hydrogens (tertiary/aromatic N) is 4. The van der Waals surface area contributed by atoms with Crippen molar-refractivity contribution < 1.29 is 19.8 Å². The van der Waals surface area contributed by atoms with Gasteiger partial charge in [0.2, 0.25) is 0 Å². The fourth-order valence-electron chi connectivity index (χ4n) is 2.28. The van der Waals surface area contributed by atoms with E-state index < -0.39 is 18.4 Å². The molecule has 3 rings (SSSR count). The Bertz CT molecular complexity index is 604. The number of anilines is 1. The van der Waals surface area contributed by atoms with Crippen molar-refractivity contribution in [1.29, 1.82) is 0 Å². The van der Waals surface area contributed by atoms with Crippen molar-refractivity contribution in [2.24, 2.45) is 0 Å². The third-order valence-electron chi connectivity index (χ3n) is 3.25. The maximum atomic E-state index is 9.79. The van der Waals surface area contributed by atoms with Gasteiger partial charge in [-0.05, 0) is 0 Å². The summed E-state index contributed by atoms with van der Waals surface area (Å²) in [6.07, 6.45) is 1.61. The van der Waals surface area contributed by atoms with Crippen molar-refractivity contribution >= 4 is 17.0 Å². The number of ether oxygens (including phenoxy) is 1. The van der Waals surface area contributed by atoms with Gasteiger partial charge >= 0.3 is 0 Å². The topological polar surface area (TPSA) is 115 Å². The van der Waals surface area contributed by atoms with Gasteiger partial charge in [0.15, 0.2) is 17.0 Å². The second-order valence-electron chi connectivity index (χ2n) is 4.47. The highest BCUT2D eigenvalue weighted by Gasteiger charge is 2.35. The Kier molecular flexibility index (Phi) is 3.49. The molecular formula is C11H15N5O4. The minimum atomic E-state index is -0.708. The number of nitrogens with one attached hydrogen (secondary N) is 1. The lowest BCUT2D eigenvalue weighted by Gasteiger charge is -2.13. The average Bonchev–Trinajstić information content (AvgIpc) is 3.03. The van der Waals surface area contributed by atoms with E-state index in [-0.39, 0.29) is 6.61 Å². The van der Waals surface area contributed by atoms with Gasteiger partial charge in [0.25, 0.3) is 0 Å². The Morgan fingerprint density at radius 3 is 3.05 bits per heavy atom. The number of aromatic nitrogens is 4. The largest absolute Gasteiger partial charge is 0.394 e. The molecule has 2 aromatic rings. The van der Waals surface area contributed by atoms with E-state index in [2.05, 4.69) is 20.4 Å². The second kappa shape index (κ2) is 5.29. The molecule has 3 heterocycles. The molecular weight excluding hydrogens is 268 g/mol. The highest BCUT2D eigenvalue weighted by molar-refractivity contribution is 5.82. The number of rotatable bonds is 4. The van der Waals surface area contributed by atoms with E-state index in [0.29, 0.717) is 23.4 Å². The first kappa shape index (κ1) is 13.2. The van der Waals surface area contributed by atoms with Crippen molar-refractivity contribution in [3.05, 3.63) is 12.7 Å². The molecule has 0 saturated carbocycles. The van der Waals surface area contributed by atoms with Crippen LogP contribution in [0.15, 0.2) is 12.7 Å². The monoisotopic (exact) mass is 283 g/mol. The number of aliphatic hydroxyl groups excluding tert-OH is 2. The molecule has 0 radical (unpaired) electrons. The van der Waals surface area contributed by atoms with Gasteiger partial charge in [-0.1, -0.05) is 0 Å². The van der Waals surface area contributed by atoms with E-state index in [1.165, 1.54) is 13.4 Å². The Labute approximate surface area is 114 Å². The van der Waals surface area contributed by atoms with E-state index >= 15 is 0 Å². The summed E-state index contributed by atoms with van der Waals surface area (Å²) >= 11 is 0. The Hall–Kier alpha value is -1.81. The van der Waals surface area contributed by atoms with E-state index in [1.807, 2.05) is 0 Å². The summed E-state index contributed by atoms with van der Waals surface area (Å²) in [5.41, 5.74) is 3.73. The van der Waals surface area contributed by atoms with Gasteiger partial charge in [-0.2, -0.15) is 0 Å². The van der Waals surface area contributed by atoms with Gasteiger partial charge in [-0.3, -0.25) is 9.40 Å². The summed E-state index contributed by atoms with van der Waals surface area (Å²) in [6.45, 7) is -0.226. The van der Waals surface area contributed by atoms with Gasteiger partial charge in [-0.15, -0.1) is 0 Å². The number of imidazole rings is 1. The first-order chi connectivity index (χ1) is 9.74. The van der Waals surface area contributed by atoms with Gasteiger partial charge in [0.05, 0.1) is 26.1 Å². The summed E-state index contributed by atoms with van der Waals surface area (Å²) in [5.74, 6) is 0.452. The molecule has 1 aliphatic rings. The molecule has 1 fully saturated rings. The van der Waals surface area contributed by atoms with Gasteiger partial charge in [-0.25, -0.2) is 20.4 Å². The molecule has 0 aromatic carbocycles. The Balaban J connectivity index is 1.95. The second-order valence-corrected chi connectivity index (χ2v) is 4.47. The van der Waals surface area contributed by atoms with Crippen molar-refractivity contribution in [2.45, 2.75) is 24.9 Å². The fraction of sp³-hybridized carbons (Fsp3) is 0.545. The Morgan fingerprint density at radius 1 is 1.50 bits per heavy atom. The molecule has 3 atom stereocenters. The van der Waals surface area contributed by atoms with Crippen LogP contribution >= 0.6 is 0 Å². The van der Waals surface area contributed by atoms with Crippen molar-refractivity contribution in [2.75, 3.05) is 19.2 Å². The average molecular weight is 283 g/mol. The molecule has 0 amide bonds. The van der Waals surface area contributed by atoms with Crippen molar-refractivity contribution in [1.82, 2.24) is 19.5 Å². The lowest BCUT2D eigenvalue weighted by molar-refractivity contribution is -0.0432. The first-order valence-corrected chi connectivity index (χ1v) is 6.15. The van der Waals surface area contributed by atoms with Crippen LogP contribution in [0.25, 0.3) is 11.2 Å². The van der Waals surface area contributed by atoms with E-state index in [4.69, 9.17) is 14.7 Å². The molecule has 1 saturated heterocycles. The molecule has 9 nitrogen and oxygen atoms in total. The molecule has 9 heteroatoms. The fourth-order valence-corrected chi connectivity index (χ4v) is 2.28. The van der Waals surface area contributed by atoms with Crippen LogP contribution in [0.5, 0.6) is 0 Å². The summed E-state index contributed by atoms with van der Waals surface area (Å²) < 4.78 is 7.29. The predicted molar refractivity (Wildman–Crippen MR) is 67.6 cm³/mol. The van der Waals surface area contributed by atoms with Crippen molar-refractivity contribution in [3.63, 3.8) is 0 Å². The van der Waals surface area contributed by atoms with E-state index in [9.17, 15) is 5.11 Å². The molecule has 2 aromatic heterocycles. The van der Waals surface area contributed by atoms with Crippen LogP contribution in [-0.4, -0.2) is 55.7 Å². The van der Waals surface area contributed by atoms with Crippen LogP contribution in [0.2, 0.25) is 0 Å².